The molecule has 1 rings (SSSR count). The summed E-state index contributed by atoms with van der Waals surface area (Å²) in [5.74, 6) is -1.84. The van der Waals surface area contributed by atoms with E-state index < -0.39 is 23.6 Å². The molecule has 1 aromatic carbocycles. The lowest BCUT2D eigenvalue weighted by molar-refractivity contribution is -0.143. The molecule has 0 aromatic heterocycles. The molecule has 1 aromatic rings. The van der Waals surface area contributed by atoms with Crippen LogP contribution in [0.4, 0.5) is 13.2 Å². The van der Waals surface area contributed by atoms with Crippen LogP contribution in [-0.4, -0.2) is 11.1 Å². The monoisotopic (exact) mass is 246 g/mol. The van der Waals surface area contributed by atoms with Gasteiger partial charge in [0.05, 0.1) is 11.5 Å². The maximum Gasteiger partial charge on any atom is 0.416 e. The third-order valence-electron chi connectivity index (χ3n) is 2.63. The molecular weight excluding hydrogens is 233 g/mol. The number of aliphatic carboxylic acids is 1. The van der Waals surface area contributed by atoms with Crippen LogP contribution in [0, 0.1) is 5.92 Å². The SMILES string of the molecule is CCC(Cc1ccccc1C(F)(F)F)C(=O)O. The number of carboxylic acids is 1. The van der Waals surface area contributed by atoms with Gasteiger partial charge in [-0.15, -0.1) is 0 Å². The first kappa shape index (κ1) is 13.5. The van der Waals surface area contributed by atoms with Crippen molar-refractivity contribution in [3.8, 4) is 0 Å². The highest BCUT2D eigenvalue weighted by Gasteiger charge is 2.33. The van der Waals surface area contributed by atoms with Crippen LogP contribution in [0.1, 0.15) is 24.5 Å². The molecule has 0 aliphatic carbocycles. The second-order valence-corrected chi connectivity index (χ2v) is 3.80. The van der Waals surface area contributed by atoms with Crippen molar-refractivity contribution < 1.29 is 23.1 Å². The Balaban J connectivity index is 3.02. The molecule has 0 heterocycles. The van der Waals surface area contributed by atoms with E-state index in [4.69, 9.17) is 5.11 Å². The molecule has 2 nitrogen and oxygen atoms in total. The zero-order valence-corrected chi connectivity index (χ0v) is 9.29. The normalized spacial score (nSPS) is 13.4. The molecule has 0 aliphatic rings. The van der Waals surface area contributed by atoms with Crippen molar-refractivity contribution in [3.63, 3.8) is 0 Å². The van der Waals surface area contributed by atoms with Gasteiger partial charge in [0.1, 0.15) is 0 Å². The van der Waals surface area contributed by atoms with Crippen LogP contribution in [0.5, 0.6) is 0 Å². The van der Waals surface area contributed by atoms with Crippen LogP contribution in [0.15, 0.2) is 24.3 Å². The van der Waals surface area contributed by atoms with E-state index in [-0.39, 0.29) is 12.0 Å². The lowest BCUT2D eigenvalue weighted by Crippen LogP contribution is -2.18. The van der Waals surface area contributed by atoms with E-state index in [1.165, 1.54) is 18.2 Å². The molecule has 1 unspecified atom stereocenters. The highest BCUT2D eigenvalue weighted by Crippen LogP contribution is 2.33. The Morgan fingerprint density at radius 2 is 1.94 bits per heavy atom. The van der Waals surface area contributed by atoms with Gasteiger partial charge in [0, 0.05) is 0 Å². The van der Waals surface area contributed by atoms with E-state index in [1.54, 1.807) is 6.92 Å². The van der Waals surface area contributed by atoms with Crippen LogP contribution in [0.3, 0.4) is 0 Å². The molecule has 0 radical (unpaired) electrons. The number of carbonyl (C=O) groups is 1. The second-order valence-electron chi connectivity index (χ2n) is 3.80. The average molecular weight is 246 g/mol. The predicted molar refractivity (Wildman–Crippen MR) is 56.6 cm³/mol. The molecule has 0 amide bonds. The van der Waals surface area contributed by atoms with E-state index in [0.29, 0.717) is 6.42 Å². The number of benzene rings is 1. The fourth-order valence-corrected chi connectivity index (χ4v) is 1.65. The molecule has 0 spiro atoms. The van der Waals surface area contributed by atoms with Gasteiger partial charge < -0.3 is 5.11 Å². The first-order valence-electron chi connectivity index (χ1n) is 5.24. The Morgan fingerprint density at radius 1 is 1.35 bits per heavy atom. The van der Waals surface area contributed by atoms with Crippen molar-refractivity contribution in [3.05, 3.63) is 35.4 Å². The van der Waals surface area contributed by atoms with Crippen molar-refractivity contribution in [1.29, 1.82) is 0 Å². The van der Waals surface area contributed by atoms with Crippen molar-refractivity contribution in [2.24, 2.45) is 5.92 Å². The molecule has 0 bridgehead atoms. The molecule has 0 aliphatic heterocycles. The summed E-state index contributed by atoms with van der Waals surface area (Å²) in [5.41, 5.74) is -0.714. The molecule has 1 N–H and O–H groups in total. The lowest BCUT2D eigenvalue weighted by Gasteiger charge is -2.15. The van der Waals surface area contributed by atoms with Crippen LogP contribution in [-0.2, 0) is 17.4 Å². The Hall–Kier alpha value is -1.52. The Bertz CT molecular complexity index is 399. The Kier molecular flexibility index (Phi) is 4.15. The van der Waals surface area contributed by atoms with Crippen molar-refractivity contribution in [2.45, 2.75) is 25.9 Å². The second kappa shape index (κ2) is 5.21. The number of hydrogen-bond acceptors (Lipinski definition) is 1. The molecule has 1 atom stereocenters. The summed E-state index contributed by atoms with van der Waals surface area (Å²) >= 11 is 0. The molecular formula is C12H13F3O2. The topological polar surface area (TPSA) is 37.3 Å². The minimum absolute atomic E-state index is 0.0363. The largest absolute Gasteiger partial charge is 0.481 e. The van der Waals surface area contributed by atoms with Crippen molar-refractivity contribution in [2.75, 3.05) is 0 Å². The molecule has 0 saturated carbocycles. The van der Waals surface area contributed by atoms with Crippen molar-refractivity contribution in [1.82, 2.24) is 0 Å². The maximum absolute atomic E-state index is 12.7. The van der Waals surface area contributed by atoms with Crippen LogP contribution in [0.2, 0.25) is 0 Å². The summed E-state index contributed by atoms with van der Waals surface area (Å²) in [6.45, 7) is 1.65. The summed E-state index contributed by atoms with van der Waals surface area (Å²) in [4.78, 5) is 10.8. The number of hydrogen-bond donors (Lipinski definition) is 1. The minimum Gasteiger partial charge on any atom is -0.481 e. The first-order valence-corrected chi connectivity index (χ1v) is 5.24. The average Bonchev–Trinajstić information content (AvgIpc) is 2.24. The smallest absolute Gasteiger partial charge is 0.416 e. The molecule has 94 valence electrons. The zero-order valence-electron chi connectivity index (χ0n) is 9.29. The summed E-state index contributed by atoms with van der Waals surface area (Å²) in [6, 6.07) is 5.09. The summed E-state index contributed by atoms with van der Waals surface area (Å²) < 4.78 is 38.0. The van der Waals surface area contributed by atoms with Crippen LogP contribution >= 0.6 is 0 Å². The molecule has 0 saturated heterocycles. The van der Waals surface area contributed by atoms with E-state index in [2.05, 4.69) is 0 Å². The minimum atomic E-state index is -4.44. The summed E-state index contributed by atoms with van der Waals surface area (Å²) in [5, 5.41) is 8.85. The molecule has 5 heteroatoms. The van der Waals surface area contributed by atoms with E-state index in [1.807, 2.05) is 0 Å². The first-order chi connectivity index (χ1) is 7.86. The van der Waals surface area contributed by atoms with Gasteiger partial charge in [0.2, 0.25) is 0 Å². The fraction of sp³-hybridized carbons (Fsp3) is 0.417. The van der Waals surface area contributed by atoms with Crippen LogP contribution in [0.25, 0.3) is 0 Å². The number of alkyl halides is 3. The van der Waals surface area contributed by atoms with E-state index in [0.717, 1.165) is 6.07 Å². The van der Waals surface area contributed by atoms with Gasteiger partial charge in [-0.1, -0.05) is 25.1 Å². The lowest BCUT2D eigenvalue weighted by atomic mass is 9.93. The third kappa shape index (κ3) is 3.47. The quantitative estimate of drug-likeness (QED) is 0.884. The van der Waals surface area contributed by atoms with Gasteiger partial charge in [-0.05, 0) is 24.5 Å². The summed E-state index contributed by atoms with van der Waals surface area (Å²) in [7, 11) is 0. The molecule has 17 heavy (non-hydrogen) atoms. The zero-order chi connectivity index (χ0) is 13.1. The fourth-order valence-electron chi connectivity index (χ4n) is 1.65. The highest BCUT2D eigenvalue weighted by atomic mass is 19.4. The van der Waals surface area contributed by atoms with Gasteiger partial charge >= 0.3 is 12.1 Å². The maximum atomic E-state index is 12.7. The van der Waals surface area contributed by atoms with Gasteiger partial charge in [-0.2, -0.15) is 13.2 Å². The van der Waals surface area contributed by atoms with Gasteiger partial charge in [-0.3, -0.25) is 4.79 Å². The third-order valence-corrected chi connectivity index (χ3v) is 2.63. The van der Waals surface area contributed by atoms with Gasteiger partial charge in [-0.25, -0.2) is 0 Å². The predicted octanol–water partition coefficient (Wildman–Crippen LogP) is 3.36. The van der Waals surface area contributed by atoms with Crippen LogP contribution < -0.4 is 0 Å². The summed E-state index contributed by atoms with van der Waals surface area (Å²) in [6.07, 6.45) is -4.23. The van der Waals surface area contributed by atoms with E-state index >= 15 is 0 Å². The number of rotatable bonds is 4. The number of halogens is 3. The standard InChI is InChI=1S/C12H13F3O2/c1-2-8(11(16)17)7-9-5-3-4-6-10(9)12(13,14)15/h3-6,8H,2,7H2,1H3,(H,16,17). The number of carboxylic acid groups (broad SMARTS) is 1. The van der Waals surface area contributed by atoms with Gasteiger partial charge in [0.25, 0.3) is 0 Å². The highest BCUT2D eigenvalue weighted by molar-refractivity contribution is 5.70. The Labute approximate surface area is 97.1 Å². The van der Waals surface area contributed by atoms with E-state index in [9.17, 15) is 18.0 Å². The Morgan fingerprint density at radius 3 is 2.41 bits per heavy atom. The van der Waals surface area contributed by atoms with Gasteiger partial charge in [0.15, 0.2) is 0 Å². The molecule has 0 fully saturated rings. The van der Waals surface area contributed by atoms with Crippen molar-refractivity contribution >= 4 is 5.97 Å².